The van der Waals surface area contributed by atoms with Crippen LogP contribution >= 0.6 is 0 Å². The minimum atomic E-state index is -0.725. The summed E-state index contributed by atoms with van der Waals surface area (Å²) in [5.41, 5.74) is 10.2. The number of nitrogens with two attached hydrogens (primary N) is 1. The Bertz CT molecular complexity index is 1980. The van der Waals surface area contributed by atoms with Gasteiger partial charge in [-0.2, -0.15) is 0 Å². The van der Waals surface area contributed by atoms with Gasteiger partial charge < -0.3 is 35.5 Å². The Morgan fingerprint density at radius 2 is 1.83 bits per heavy atom. The lowest BCUT2D eigenvalue weighted by Crippen LogP contribution is -2.51. The molecule has 1 aromatic heterocycles. The summed E-state index contributed by atoms with van der Waals surface area (Å²) in [6.07, 6.45) is 21.0. The van der Waals surface area contributed by atoms with Crippen LogP contribution in [0.2, 0.25) is 0 Å². The lowest BCUT2D eigenvalue weighted by Gasteiger charge is -2.58. The molecule has 9 rings (SSSR count). The van der Waals surface area contributed by atoms with Gasteiger partial charge in [-0.3, -0.25) is 4.99 Å². The summed E-state index contributed by atoms with van der Waals surface area (Å²) in [6.45, 7) is 10.3. The molecule has 0 radical (unpaired) electrons. The molecule has 13 atom stereocenters. The molecule has 1 spiro atoms. The molecule has 6 aliphatic rings. The Hall–Kier alpha value is -3.17. The van der Waals surface area contributed by atoms with E-state index in [-0.39, 0.29) is 34.4 Å². The van der Waals surface area contributed by atoms with E-state index < -0.39 is 11.8 Å². The van der Waals surface area contributed by atoms with E-state index in [1.165, 1.54) is 48.8 Å². The highest BCUT2D eigenvalue weighted by molar-refractivity contribution is 5.85. The summed E-state index contributed by atoms with van der Waals surface area (Å²) in [5, 5.41) is 38.5. The van der Waals surface area contributed by atoms with Gasteiger partial charge in [0.2, 0.25) is 0 Å². The minimum absolute atomic E-state index is 0.0486. The maximum atomic E-state index is 11.5. The van der Waals surface area contributed by atoms with Crippen molar-refractivity contribution in [3.8, 4) is 0 Å². The van der Waals surface area contributed by atoms with E-state index in [4.69, 9.17) is 26.5 Å². The molecule has 0 amide bonds. The first-order chi connectivity index (χ1) is 28.4. The number of nitrogens with one attached hydrogen (secondary N) is 1. The van der Waals surface area contributed by atoms with E-state index in [0.29, 0.717) is 48.7 Å². The zero-order valence-corrected chi connectivity index (χ0v) is 35.8. The number of rotatable bonds is 12. The normalized spacial score (nSPS) is 39.4. The van der Waals surface area contributed by atoms with Gasteiger partial charge >= 0.3 is 0 Å². The number of nitrogens with zero attached hydrogens (tertiary/aromatic N) is 1. The quantitative estimate of drug-likeness (QED) is 0.0405. The number of hydrogen-bond acceptors (Lipinski definition) is 6. The van der Waals surface area contributed by atoms with Gasteiger partial charge in [0.15, 0.2) is 5.96 Å². The summed E-state index contributed by atoms with van der Waals surface area (Å²) in [4.78, 5) is 4.84. The molecular formula is C51H71N3O5. The second-order valence-corrected chi connectivity index (χ2v) is 21.1. The van der Waals surface area contributed by atoms with Gasteiger partial charge in [0.1, 0.15) is 6.23 Å². The molecule has 13 unspecified atom stereocenters. The van der Waals surface area contributed by atoms with Crippen molar-refractivity contribution in [3.63, 3.8) is 0 Å². The third-order valence-corrected chi connectivity index (χ3v) is 17.3. The molecule has 8 heteroatoms. The van der Waals surface area contributed by atoms with Gasteiger partial charge in [-0.15, -0.1) is 0 Å². The second kappa shape index (κ2) is 16.3. The van der Waals surface area contributed by atoms with Gasteiger partial charge in [0.05, 0.1) is 35.9 Å². The first kappa shape index (κ1) is 41.2. The lowest BCUT2D eigenvalue weighted by atomic mass is 9.46. The predicted octanol–water partition coefficient (Wildman–Crippen LogP) is 9.56. The summed E-state index contributed by atoms with van der Waals surface area (Å²) < 4.78 is 12.3. The Morgan fingerprint density at radius 3 is 2.66 bits per heavy atom. The zero-order valence-electron chi connectivity index (χ0n) is 35.8. The number of aryl methyl sites for hydroxylation is 1. The fourth-order valence-electron chi connectivity index (χ4n) is 13.9. The van der Waals surface area contributed by atoms with Gasteiger partial charge in [0.25, 0.3) is 0 Å². The van der Waals surface area contributed by atoms with Crippen LogP contribution in [-0.2, 0) is 11.2 Å². The van der Waals surface area contributed by atoms with Crippen LogP contribution in [0.15, 0.2) is 82.6 Å². The molecule has 5 aliphatic carbocycles. The SMILES string of the molecule is C=C1CC2(CCC(CCC3(O)CCCC(O)C3)C2)C2OC2(C)CCC2C1CC2(C)C1CCC(C(O)NC(N)=NCC(CCc2ccccc2)c2cccc3cocc23)C1. The molecule has 5 saturated carbocycles. The number of benzene rings is 2. The van der Waals surface area contributed by atoms with Crippen molar-refractivity contribution in [2.24, 2.45) is 51.1 Å². The lowest BCUT2D eigenvalue weighted by molar-refractivity contribution is -0.0712. The van der Waals surface area contributed by atoms with Crippen molar-refractivity contribution in [1.29, 1.82) is 0 Å². The molecule has 6 N–H and O–H groups in total. The molecule has 2 heterocycles. The molecule has 3 aromatic rings. The number of furan rings is 1. The Kier molecular flexibility index (Phi) is 11.4. The number of hydrogen-bond donors (Lipinski definition) is 5. The first-order valence-electron chi connectivity index (χ1n) is 23.3. The molecule has 8 nitrogen and oxygen atoms in total. The number of aliphatic hydroxyl groups excluding tert-OH is 2. The Labute approximate surface area is 352 Å². The maximum absolute atomic E-state index is 11.5. The average Bonchev–Trinajstić information content (AvgIpc) is 3.67. The van der Waals surface area contributed by atoms with Crippen LogP contribution in [0.5, 0.6) is 0 Å². The summed E-state index contributed by atoms with van der Waals surface area (Å²) >= 11 is 0. The van der Waals surface area contributed by atoms with Crippen LogP contribution < -0.4 is 11.1 Å². The number of allylic oxidation sites excluding steroid dienone is 1. The third kappa shape index (κ3) is 8.29. The molecular weight excluding hydrogens is 735 g/mol. The van der Waals surface area contributed by atoms with Crippen LogP contribution in [0.25, 0.3) is 10.8 Å². The van der Waals surface area contributed by atoms with E-state index in [2.05, 4.69) is 67.7 Å². The fraction of sp³-hybridized carbons (Fsp3) is 0.667. The molecule has 2 aromatic carbocycles. The van der Waals surface area contributed by atoms with Crippen LogP contribution in [-0.4, -0.2) is 57.5 Å². The average molecular weight is 806 g/mol. The van der Waals surface area contributed by atoms with Gasteiger partial charge in [-0.05, 0) is 156 Å². The van der Waals surface area contributed by atoms with Gasteiger partial charge in [0, 0.05) is 41.0 Å². The van der Waals surface area contributed by atoms with Crippen LogP contribution in [0.1, 0.15) is 140 Å². The number of aliphatic imine (C=N–C) groups is 1. The number of fused-ring (bicyclic) bond motifs is 4. The zero-order chi connectivity index (χ0) is 41.0. The van der Waals surface area contributed by atoms with Crippen molar-refractivity contribution in [1.82, 2.24) is 5.32 Å². The van der Waals surface area contributed by atoms with E-state index in [9.17, 15) is 15.3 Å². The summed E-state index contributed by atoms with van der Waals surface area (Å²) in [5.74, 6) is 2.94. The van der Waals surface area contributed by atoms with Gasteiger partial charge in [-0.1, -0.05) is 67.6 Å². The molecule has 6 fully saturated rings. The van der Waals surface area contributed by atoms with Crippen LogP contribution in [0.3, 0.4) is 0 Å². The largest absolute Gasteiger partial charge is 0.471 e. The molecule has 1 aliphatic heterocycles. The van der Waals surface area contributed by atoms with E-state index in [1.54, 1.807) is 6.26 Å². The summed E-state index contributed by atoms with van der Waals surface area (Å²) in [7, 11) is 0. The fourth-order valence-corrected chi connectivity index (χ4v) is 13.9. The molecule has 1 saturated heterocycles. The van der Waals surface area contributed by atoms with E-state index in [0.717, 1.165) is 87.8 Å². The topological polar surface area (TPSA) is 137 Å². The predicted molar refractivity (Wildman–Crippen MR) is 235 cm³/mol. The Balaban J connectivity index is 0.807. The van der Waals surface area contributed by atoms with Crippen LogP contribution in [0, 0.1) is 40.4 Å². The third-order valence-electron chi connectivity index (χ3n) is 17.3. The standard InChI is InChI=1S/C51H71N3O5/c1-33-26-50(23-18-35(27-50)19-24-51(57)21-8-12-40(55)28-51)46-49(3,59-46)22-20-44-42(33)29-48(44,2)39-17-16-36(25-39)45(56)54-47(52)53-30-37(15-14-34-9-5-4-6-10-34)41-13-7-11-38-31-58-32-43(38)41/h4-7,9-11,13,31-32,35-37,39-40,42,44-46,55-57H,1,8,12,14-30H2,2-3H3,(H3,52,53,54). The minimum Gasteiger partial charge on any atom is -0.471 e. The van der Waals surface area contributed by atoms with E-state index in [1.807, 2.05) is 6.26 Å². The highest BCUT2D eigenvalue weighted by atomic mass is 16.6. The highest BCUT2D eigenvalue weighted by Crippen LogP contribution is 2.69. The van der Waals surface area contributed by atoms with Crippen molar-refractivity contribution < 1.29 is 24.5 Å². The number of aliphatic hydroxyl groups is 3. The smallest absolute Gasteiger partial charge is 0.190 e. The first-order valence-corrected chi connectivity index (χ1v) is 23.3. The monoisotopic (exact) mass is 806 g/mol. The van der Waals surface area contributed by atoms with Crippen molar-refractivity contribution in [3.05, 3.63) is 84.3 Å². The molecule has 0 bridgehead atoms. The van der Waals surface area contributed by atoms with E-state index >= 15 is 0 Å². The van der Waals surface area contributed by atoms with Crippen LogP contribution in [0.4, 0.5) is 0 Å². The summed E-state index contributed by atoms with van der Waals surface area (Å²) in [6, 6.07) is 16.9. The maximum Gasteiger partial charge on any atom is 0.190 e. The van der Waals surface area contributed by atoms with Crippen molar-refractivity contribution >= 4 is 16.7 Å². The van der Waals surface area contributed by atoms with Gasteiger partial charge in [-0.25, -0.2) is 0 Å². The highest BCUT2D eigenvalue weighted by Gasteiger charge is 2.67. The molecule has 59 heavy (non-hydrogen) atoms. The molecule has 320 valence electrons. The van der Waals surface area contributed by atoms with Crippen molar-refractivity contribution in [2.75, 3.05) is 6.54 Å². The Morgan fingerprint density at radius 1 is 0.983 bits per heavy atom. The number of epoxide rings is 1. The second-order valence-electron chi connectivity index (χ2n) is 21.1. The number of ether oxygens (including phenoxy) is 1. The van der Waals surface area contributed by atoms with Crippen molar-refractivity contribution in [2.45, 2.75) is 165 Å². The number of guanidine groups is 1.